The molecule has 22 heavy (non-hydrogen) atoms. The summed E-state index contributed by atoms with van der Waals surface area (Å²) in [6.45, 7) is 1.07. The molecule has 0 bridgehead atoms. The lowest BCUT2D eigenvalue weighted by molar-refractivity contribution is -0.0574. The maximum absolute atomic E-state index is 10.7. The Morgan fingerprint density at radius 1 is 1.09 bits per heavy atom. The van der Waals surface area contributed by atoms with E-state index in [0.717, 1.165) is 29.4 Å². The molecule has 1 saturated heterocycles. The van der Waals surface area contributed by atoms with E-state index in [9.17, 15) is 5.11 Å². The highest BCUT2D eigenvalue weighted by atomic mass is 35.5. The van der Waals surface area contributed by atoms with Crippen molar-refractivity contribution < 1.29 is 5.11 Å². The van der Waals surface area contributed by atoms with Crippen LogP contribution in [0, 0.1) is 5.92 Å². The third kappa shape index (κ3) is 2.49. The fraction of sp³-hybridized carbons (Fsp3) is 0.667. The molecule has 4 unspecified atom stereocenters. The molecule has 0 amide bonds. The van der Waals surface area contributed by atoms with Crippen LogP contribution in [0.1, 0.15) is 55.7 Å². The van der Waals surface area contributed by atoms with Gasteiger partial charge in [0.05, 0.1) is 6.10 Å². The molecule has 1 N–H and O–H groups in total. The van der Waals surface area contributed by atoms with Gasteiger partial charge in [-0.3, -0.25) is 4.90 Å². The van der Waals surface area contributed by atoms with Crippen molar-refractivity contribution in [3.63, 3.8) is 0 Å². The predicted molar refractivity (Wildman–Crippen MR) is 90.6 cm³/mol. The number of aliphatic hydroxyl groups excluding tert-OH is 1. The molecule has 3 aliphatic rings. The first-order valence-corrected chi connectivity index (χ1v) is 9.32. The number of hydrogen-bond donors (Lipinski definition) is 1. The van der Waals surface area contributed by atoms with E-state index in [4.69, 9.17) is 23.2 Å². The lowest BCUT2D eigenvalue weighted by Gasteiger charge is -2.51. The molecular formula is C18H23Cl2NO. The second-order valence-corrected chi connectivity index (χ2v) is 7.98. The molecule has 2 heterocycles. The Kier molecular flexibility index (Phi) is 4.14. The minimum absolute atomic E-state index is 0.193. The van der Waals surface area contributed by atoms with Crippen LogP contribution in [0.5, 0.6) is 0 Å². The molecule has 2 fully saturated rings. The number of piperidine rings is 1. The van der Waals surface area contributed by atoms with Gasteiger partial charge in [0.25, 0.3) is 0 Å². The third-order valence-electron chi connectivity index (χ3n) is 5.97. The van der Waals surface area contributed by atoms with Crippen molar-refractivity contribution in [1.82, 2.24) is 4.90 Å². The summed E-state index contributed by atoms with van der Waals surface area (Å²) in [5.74, 6) is 0.450. The number of nitrogens with zero attached hydrogens (tertiary/aromatic N) is 1. The molecule has 0 spiro atoms. The average molecular weight is 340 g/mol. The van der Waals surface area contributed by atoms with Crippen LogP contribution in [-0.2, 0) is 6.42 Å². The Labute approximate surface area is 142 Å². The van der Waals surface area contributed by atoms with Crippen molar-refractivity contribution in [2.45, 2.75) is 63.1 Å². The second kappa shape index (κ2) is 5.98. The fourth-order valence-corrected chi connectivity index (χ4v) is 5.68. The standard InChI is InChI=1S/C18H23Cl2NO/c19-12-8-11-6-7-21-15-5-3-1-2-4-13(15)17(22)10-16(21)18(11)14(20)9-12/h8-9,13,15-17,22H,1-7,10H2. The fourth-order valence-electron chi connectivity index (χ4n) is 5.02. The van der Waals surface area contributed by atoms with E-state index in [0.29, 0.717) is 12.0 Å². The van der Waals surface area contributed by atoms with Crippen LogP contribution in [0.3, 0.4) is 0 Å². The van der Waals surface area contributed by atoms with Crippen molar-refractivity contribution in [3.05, 3.63) is 33.3 Å². The summed E-state index contributed by atoms with van der Waals surface area (Å²) in [5, 5.41) is 12.2. The van der Waals surface area contributed by atoms with E-state index >= 15 is 0 Å². The molecule has 1 aromatic rings. The Hall–Kier alpha value is -0.280. The summed E-state index contributed by atoms with van der Waals surface area (Å²) in [6, 6.07) is 4.71. The first-order chi connectivity index (χ1) is 10.6. The molecule has 2 aliphatic heterocycles. The molecule has 4 heteroatoms. The molecule has 1 saturated carbocycles. The SMILES string of the molecule is OC1CC2c3c(Cl)cc(Cl)cc3CCN2C2CCCCCC12. The van der Waals surface area contributed by atoms with Gasteiger partial charge in [-0.25, -0.2) is 0 Å². The molecule has 4 atom stereocenters. The highest BCUT2D eigenvalue weighted by Gasteiger charge is 2.45. The maximum atomic E-state index is 10.7. The minimum atomic E-state index is -0.193. The van der Waals surface area contributed by atoms with Crippen molar-refractivity contribution in [2.24, 2.45) is 5.92 Å². The van der Waals surface area contributed by atoms with Crippen LogP contribution < -0.4 is 0 Å². The zero-order chi connectivity index (χ0) is 15.3. The van der Waals surface area contributed by atoms with Gasteiger partial charge in [0, 0.05) is 34.6 Å². The number of rotatable bonds is 0. The smallest absolute Gasteiger partial charge is 0.0601 e. The number of benzene rings is 1. The minimum Gasteiger partial charge on any atom is -0.393 e. The molecule has 4 rings (SSSR count). The summed E-state index contributed by atoms with van der Waals surface area (Å²) in [4.78, 5) is 2.64. The van der Waals surface area contributed by atoms with Crippen LogP contribution in [-0.4, -0.2) is 28.7 Å². The van der Waals surface area contributed by atoms with Gasteiger partial charge in [-0.1, -0.05) is 42.5 Å². The second-order valence-electron chi connectivity index (χ2n) is 7.14. The van der Waals surface area contributed by atoms with Crippen molar-refractivity contribution in [3.8, 4) is 0 Å². The van der Waals surface area contributed by atoms with E-state index in [1.165, 1.54) is 43.2 Å². The Morgan fingerprint density at radius 2 is 1.91 bits per heavy atom. The van der Waals surface area contributed by atoms with E-state index < -0.39 is 0 Å². The number of aliphatic hydroxyl groups is 1. The molecule has 120 valence electrons. The van der Waals surface area contributed by atoms with Gasteiger partial charge < -0.3 is 5.11 Å². The van der Waals surface area contributed by atoms with E-state index in [1.54, 1.807) is 0 Å². The van der Waals surface area contributed by atoms with Crippen LogP contribution in [0.2, 0.25) is 10.0 Å². The molecule has 1 aromatic carbocycles. The molecular weight excluding hydrogens is 317 g/mol. The third-order valence-corrected chi connectivity index (χ3v) is 6.50. The highest BCUT2D eigenvalue weighted by molar-refractivity contribution is 6.35. The summed E-state index contributed by atoms with van der Waals surface area (Å²) < 4.78 is 0. The van der Waals surface area contributed by atoms with E-state index in [1.807, 2.05) is 6.07 Å². The number of halogens is 2. The molecule has 0 aromatic heterocycles. The Bertz CT molecular complexity index is 576. The van der Waals surface area contributed by atoms with Gasteiger partial charge in [-0.05, 0) is 48.9 Å². The highest BCUT2D eigenvalue weighted by Crippen LogP contribution is 2.47. The summed E-state index contributed by atoms with van der Waals surface area (Å²) in [6.07, 6.45) is 7.91. The summed E-state index contributed by atoms with van der Waals surface area (Å²) in [5.41, 5.74) is 2.50. The first-order valence-electron chi connectivity index (χ1n) is 8.57. The molecule has 0 radical (unpaired) electrons. The van der Waals surface area contributed by atoms with Crippen LogP contribution in [0.4, 0.5) is 0 Å². The van der Waals surface area contributed by atoms with Crippen LogP contribution in [0.25, 0.3) is 0 Å². The van der Waals surface area contributed by atoms with Crippen LogP contribution >= 0.6 is 23.2 Å². The normalized spacial score (nSPS) is 35.2. The Morgan fingerprint density at radius 3 is 2.77 bits per heavy atom. The predicted octanol–water partition coefficient (Wildman–Crippen LogP) is 4.61. The van der Waals surface area contributed by atoms with Crippen LogP contribution in [0.15, 0.2) is 12.1 Å². The van der Waals surface area contributed by atoms with Crippen molar-refractivity contribution in [2.75, 3.05) is 6.54 Å². The van der Waals surface area contributed by atoms with Gasteiger partial charge in [-0.15, -0.1) is 0 Å². The van der Waals surface area contributed by atoms with Gasteiger partial charge in [-0.2, -0.15) is 0 Å². The Balaban J connectivity index is 1.73. The zero-order valence-electron chi connectivity index (χ0n) is 12.8. The largest absolute Gasteiger partial charge is 0.393 e. The first kappa shape index (κ1) is 15.3. The lowest BCUT2D eigenvalue weighted by Crippen LogP contribution is -2.54. The number of hydrogen-bond acceptors (Lipinski definition) is 2. The molecule has 2 nitrogen and oxygen atoms in total. The molecule has 1 aliphatic carbocycles. The monoisotopic (exact) mass is 339 g/mol. The summed E-state index contributed by atoms with van der Waals surface area (Å²) >= 11 is 12.7. The van der Waals surface area contributed by atoms with Crippen molar-refractivity contribution >= 4 is 23.2 Å². The quantitative estimate of drug-likeness (QED) is 0.746. The topological polar surface area (TPSA) is 23.5 Å². The van der Waals surface area contributed by atoms with Gasteiger partial charge >= 0.3 is 0 Å². The summed E-state index contributed by atoms with van der Waals surface area (Å²) in [7, 11) is 0. The van der Waals surface area contributed by atoms with E-state index in [2.05, 4.69) is 11.0 Å². The zero-order valence-corrected chi connectivity index (χ0v) is 14.3. The lowest BCUT2D eigenvalue weighted by atomic mass is 9.75. The van der Waals surface area contributed by atoms with Gasteiger partial charge in [0.2, 0.25) is 0 Å². The van der Waals surface area contributed by atoms with Gasteiger partial charge in [0.1, 0.15) is 0 Å². The van der Waals surface area contributed by atoms with E-state index in [-0.39, 0.29) is 12.1 Å². The average Bonchev–Trinajstić information content (AvgIpc) is 2.72. The maximum Gasteiger partial charge on any atom is 0.0601 e. The van der Waals surface area contributed by atoms with Gasteiger partial charge in [0.15, 0.2) is 0 Å². The van der Waals surface area contributed by atoms with Crippen molar-refractivity contribution in [1.29, 1.82) is 0 Å². The number of fused-ring (bicyclic) bond motifs is 5.